The lowest BCUT2D eigenvalue weighted by Crippen LogP contribution is -2.09. The van der Waals surface area contributed by atoms with Gasteiger partial charge in [0.15, 0.2) is 5.76 Å². The van der Waals surface area contributed by atoms with Crippen molar-refractivity contribution in [2.75, 3.05) is 0 Å². The van der Waals surface area contributed by atoms with E-state index < -0.39 is 44.3 Å². The Bertz CT molecular complexity index is 956. The van der Waals surface area contributed by atoms with Crippen molar-refractivity contribution in [3.8, 4) is 0 Å². The van der Waals surface area contributed by atoms with Gasteiger partial charge >= 0.3 is 10.1 Å². The summed E-state index contributed by atoms with van der Waals surface area (Å²) in [6.45, 7) is 1.70. The zero-order chi connectivity index (χ0) is 19.5. The van der Waals surface area contributed by atoms with E-state index in [9.17, 15) is 31.7 Å². The number of hydrogen-bond acceptors (Lipinski definition) is 5. The molecule has 0 saturated carbocycles. The highest BCUT2D eigenvalue weighted by Gasteiger charge is 2.27. The summed E-state index contributed by atoms with van der Waals surface area (Å²) in [5.41, 5.74) is -0.316. The summed E-state index contributed by atoms with van der Waals surface area (Å²) in [5.74, 6) is -3.45. The molecule has 0 atom stereocenters. The van der Waals surface area contributed by atoms with Gasteiger partial charge in [-0.1, -0.05) is 29.8 Å². The highest BCUT2D eigenvalue weighted by Crippen LogP contribution is 2.31. The molecule has 0 heterocycles. The van der Waals surface area contributed by atoms with E-state index in [-0.39, 0.29) is 4.90 Å². The molecule has 0 aliphatic rings. The fraction of sp³-hybridized carbons (Fsp3) is 0.125. The van der Waals surface area contributed by atoms with E-state index in [1.807, 2.05) is 0 Å². The minimum Gasteiger partial charge on any atom is -0.375 e. The molecule has 0 fully saturated rings. The quantitative estimate of drug-likeness (QED) is 0.321. The molecule has 2 rings (SSSR count). The van der Waals surface area contributed by atoms with E-state index in [0.717, 1.165) is 42.0 Å². The number of benzene rings is 2. The molecule has 0 aromatic heterocycles. The monoisotopic (exact) mass is 387 g/mol. The van der Waals surface area contributed by atoms with Crippen LogP contribution in [-0.4, -0.2) is 19.8 Å². The first-order valence-electron chi connectivity index (χ1n) is 7.05. The number of aryl methyl sites for hydroxylation is 1. The summed E-state index contributed by atoms with van der Waals surface area (Å²) >= 11 is 0. The Hall–Kier alpha value is -2.88. The van der Waals surface area contributed by atoms with Crippen molar-refractivity contribution in [1.29, 1.82) is 0 Å². The maximum absolute atomic E-state index is 13.9. The van der Waals surface area contributed by atoms with E-state index in [2.05, 4.69) is 4.18 Å². The predicted molar refractivity (Wildman–Crippen MR) is 86.6 cm³/mol. The van der Waals surface area contributed by atoms with Crippen molar-refractivity contribution in [2.24, 2.45) is 0 Å². The molecule has 0 aliphatic carbocycles. The number of hydrogen-bond donors (Lipinski definition) is 0. The van der Waals surface area contributed by atoms with Crippen molar-refractivity contribution in [2.45, 2.75) is 18.2 Å². The van der Waals surface area contributed by atoms with Crippen LogP contribution in [0, 0.1) is 17.0 Å². The summed E-state index contributed by atoms with van der Waals surface area (Å²) < 4.78 is 68.6. The van der Waals surface area contributed by atoms with Crippen LogP contribution in [0.3, 0.4) is 0 Å². The SMILES string of the molecule is Cc1ccc(S(=O)(=O)O/C(=C(\F)C(F)F)c2cccc([N+](=O)[O-])c2)cc1. The third-order valence-electron chi connectivity index (χ3n) is 3.23. The van der Waals surface area contributed by atoms with Crippen molar-refractivity contribution in [3.63, 3.8) is 0 Å². The lowest BCUT2D eigenvalue weighted by molar-refractivity contribution is -0.384. The van der Waals surface area contributed by atoms with Crippen molar-refractivity contribution in [3.05, 3.63) is 75.6 Å². The average molecular weight is 387 g/mol. The molecule has 0 unspecified atom stereocenters. The van der Waals surface area contributed by atoms with Gasteiger partial charge in [-0.15, -0.1) is 0 Å². The molecule has 0 bridgehead atoms. The molecule has 0 radical (unpaired) electrons. The van der Waals surface area contributed by atoms with Gasteiger partial charge in [-0.2, -0.15) is 8.42 Å². The van der Waals surface area contributed by atoms with Gasteiger partial charge in [0.2, 0.25) is 5.83 Å². The van der Waals surface area contributed by atoms with Crippen LogP contribution in [0.1, 0.15) is 11.1 Å². The first kappa shape index (κ1) is 19.4. The maximum Gasteiger partial charge on any atom is 0.339 e. The number of halogens is 3. The van der Waals surface area contributed by atoms with Crippen LogP contribution in [-0.2, 0) is 14.3 Å². The second kappa shape index (κ2) is 7.56. The van der Waals surface area contributed by atoms with Gasteiger partial charge in [-0.05, 0) is 19.1 Å². The van der Waals surface area contributed by atoms with Crippen LogP contribution in [0.25, 0.3) is 5.76 Å². The Labute approximate surface area is 146 Å². The van der Waals surface area contributed by atoms with Crippen LogP contribution >= 0.6 is 0 Å². The largest absolute Gasteiger partial charge is 0.375 e. The number of alkyl halides is 2. The number of allylic oxidation sites excluding steroid dienone is 1. The van der Waals surface area contributed by atoms with E-state index in [0.29, 0.717) is 0 Å². The molecule has 10 heteroatoms. The summed E-state index contributed by atoms with van der Waals surface area (Å²) in [4.78, 5) is 9.59. The summed E-state index contributed by atoms with van der Waals surface area (Å²) in [6.07, 6.45) is -3.67. The minimum atomic E-state index is -4.64. The molecule has 26 heavy (non-hydrogen) atoms. The Morgan fingerprint density at radius 2 is 1.77 bits per heavy atom. The number of non-ortho nitro benzene ring substituents is 1. The van der Waals surface area contributed by atoms with Crippen LogP contribution in [0.4, 0.5) is 18.9 Å². The summed E-state index contributed by atoms with van der Waals surface area (Å²) in [5, 5.41) is 10.8. The average Bonchev–Trinajstić information content (AvgIpc) is 2.59. The van der Waals surface area contributed by atoms with E-state index in [1.54, 1.807) is 6.92 Å². The lowest BCUT2D eigenvalue weighted by Gasteiger charge is -2.12. The summed E-state index contributed by atoms with van der Waals surface area (Å²) in [6, 6.07) is 9.10. The van der Waals surface area contributed by atoms with Crippen LogP contribution in [0.5, 0.6) is 0 Å². The van der Waals surface area contributed by atoms with Gasteiger partial charge in [-0.3, -0.25) is 10.1 Å². The first-order chi connectivity index (χ1) is 12.1. The molecular formula is C16H12F3NO5S. The molecule has 2 aromatic carbocycles. The summed E-state index contributed by atoms with van der Waals surface area (Å²) in [7, 11) is -4.64. The Kier molecular flexibility index (Phi) is 5.66. The second-order valence-corrected chi connectivity index (χ2v) is 6.68. The Morgan fingerprint density at radius 3 is 2.31 bits per heavy atom. The normalized spacial score (nSPS) is 12.7. The van der Waals surface area contributed by atoms with Crippen molar-refractivity contribution >= 4 is 21.6 Å². The highest BCUT2D eigenvalue weighted by molar-refractivity contribution is 7.87. The van der Waals surface area contributed by atoms with Crippen molar-refractivity contribution in [1.82, 2.24) is 0 Å². The molecule has 0 amide bonds. The number of rotatable bonds is 6. The topological polar surface area (TPSA) is 86.5 Å². The van der Waals surface area contributed by atoms with E-state index in [1.165, 1.54) is 12.1 Å². The molecule has 0 N–H and O–H groups in total. The molecule has 6 nitrogen and oxygen atoms in total. The van der Waals surface area contributed by atoms with Crippen LogP contribution < -0.4 is 0 Å². The Balaban J connectivity index is 2.54. The minimum absolute atomic E-state index is 0.381. The van der Waals surface area contributed by atoms with Gasteiger partial charge in [0.05, 0.1) is 4.92 Å². The second-order valence-electron chi connectivity index (χ2n) is 5.14. The Morgan fingerprint density at radius 1 is 1.15 bits per heavy atom. The van der Waals surface area contributed by atoms with Gasteiger partial charge in [-0.25, -0.2) is 13.2 Å². The molecule has 0 spiro atoms. The van der Waals surface area contributed by atoms with Gasteiger partial charge in [0.1, 0.15) is 4.90 Å². The lowest BCUT2D eigenvalue weighted by atomic mass is 10.1. The van der Waals surface area contributed by atoms with Crippen LogP contribution in [0.15, 0.2) is 59.3 Å². The third-order valence-corrected chi connectivity index (χ3v) is 4.47. The number of nitrogens with zero attached hydrogens (tertiary/aromatic N) is 1. The molecule has 2 aromatic rings. The fourth-order valence-electron chi connectivity index (χ4n) is 1.95. The first-order valence-corrected chi connectivity index (χ1v) is 8.46. The van der Waals surface area contributed by atoms with Gasteiger partial charge < -0.3 is 4.18 Å². The smallest absolute Gasteiger partial charge is 0.339 e. The van der Waals surface area contributed by atoms with E-state index in [4.69, 9.17) is 0 Å². The molecule has 138 valence electrons. The zero-order valence-corrected chi connectivity index (χ0v) is 14.0. The zero-order valence-electron chi connectivity index (χ0n) is 13.2. The van der Waals surface area contributed by atoms with E-state index >= 15 is 0 Å². The highest BCUT2D eigenvalue weighted by atomic mass is 32.2. The predicted octanol–water partition coefficient (Wildman–Crippen LogP) is 4.21. The van der Waals surface area contributed by atoms with Crippen LogP contribution in [0.2, 0.25) is 0 Å². The molecule has 0 saturated heterocycles. The maximum atomic E-state index is 13.9. The van der Waals surface area contributed by atoms with Gasteiger partial charge in [0.25, 0.3) is 12.1 Å². The third kappa shape index (κ3) is 4.39. The standard InChI is InChI=1S/C16H12F3NO5S/c1-10-5-7-13(8-6-10)26(23,24)25-15(14(17)16(18)19)11-3-2-4-12(9-11)20(21)22/h2-9,16H,1H3/b15-14-. The number of nitro benzene ring substituents is 1. The number of nitro groups is 1. The molecule has 0 aliphatic heterocycles. The van der Waals surface area contributed by atoms with Gasteiger partial charge in [0, 0.05) is 17.7 Å². The van der Waals surface area contributed by atoms with Crippen molar-refractivity contribution < 1.29 is 30.7 Å². The molecular weight excluding hydrogens is 375 g/mol. The fourth-order valence-corrected chi connectivity index (χ4v) is 2.91.